The molecule has 0 unspecified atom stereocenters. The zero-order valence-electron chi connectivity index (χ0n) is 16.5. The van der Waals surface area contributed by atoms with Crippen LogP contribution >= 0.6 is 22.9 Å². The summed E-state index contributed by atoms with van der Waals surface area (Å²) in [5, 5.41) is 3.29. The molecule has 0 bridgehead atoms. The second-order valence-electron chi connectivity index (χ2n) is 7.51. The highest BCUT2D eigenvalue weighted by atomic mass is 35.5. The fourth-order valence-electron chi connectivity index (χ4n) is 3.96. The van der Waals surface area contributed by atoms with Crippen LogP contribution in [0.1, 0.15) is 11.4 Å². The van der Waals surface area contributed by atoms with E-state index < -0.39 is 0 Å². The first kappa shape index (κ1) is 19.4. The first-order chi connectivity index (χ1) is 14.6. The second kappa shape index (κ2) is 7.91. The van der Waals surface area contributed by atoms with E-state index in [-0.39, 0.29) is 5.56 Å². The maximum atomic E-state index is 12.8. The van der Waals surface area contributed by atoms with Gasteiger partial charge in [0.25, 0.3) is 5.56 Å². The third kappa shape index (κ3) is 3.64. The number of fused-ring (bicyclic) bond motifs is 1. The fraction of sp³-hybridized carbons (Fsp3) is 0.273. The molecular weight excluding hydrogens is 420 g/mol. The highest BCUT2D eigenvalue weighted by Gasteiger charge is 2.21. The van der Waals surface area contributed by atoms with Crippen LogP contribution in [0.5, 0.6) is 0 Å². The van der Waals surface area contributed by atoms with Crippen LogP contribution in [0, 0.1) is 6.92 Å². The number of H-pyrrole nitrogens is 1. The number of halogens is 1. The predicted molar refractivity (Wildman–Crippen MR) is 122 cm³/mol. The van der Waals surface area contributed by atoms with Gasteiger partial charge in [0.1, 0.15) is 16.4 Å². The molecule has 6 nitrogen and oxygen atoms in total. The molecule has 4 heterocycles. The molecule has 1 fully saturated rings. The van der Waals surface area contributed by atoms with Crippen LogP contribution in [0.4, 0.5) is 5.69 Å². The monoisotopic (exact) mass is 440 g/mol. The molecule has 1 N–H and O–H groups in total. The molecule has 1 aromatic carbocycles. The Morgan fingerprint density at radius 3 is 2.83 bits per heavy atom. The van der Waals surface area contributed by atoms with Gasteiger partial charge in [0, 0.05) is 47.8 Å². The van der Waals surface area contributed by atoms with Crippen molar-refractivity contribution in [3.05, 3.63) is 68.7 Å². The van der Waals surface area contributed by atoms with Gasteiger partial charge in [-0.15, -0.1) is 11.3 Å². The van der Waals surface area contributed by atoms with Crippen LogP contribution in [-0.4, -0.2) is 41.0 Å². The minimum atomic E-state index is -0.115. The van der Waals surface area contributed by atoms with Crippen molar-refractivity contribution in [3.8, 4) is 11.3 Å². The maximum absolute atomic E-state index is 12.8. The number of hydrogen-bond donors (Lipinski definition) is 1. The standard InChI is InChI=1S/C22H21ClN4O2S/c1-14-4-5-15(23)11-17(14)27-8-6-26(7-9-27)12-19-24-21(28)20-16(13-30-22(20)25-19)18-3-2-10-29-18/h2-5,10-11,13H,6-9,12H2,1H3,(H,24,25,28). The summed E-state index contributed by atoms with van der Waals surface area (Å²) < 4.78 is 5.46. The van der Waals surface area contributed by atoms with E-state index in [9.17, 15) is 4.79 Å². The number of piperazine rings is 1. The number of thiophene rings is 1. The number of anilines is 1. The molecule has 30 heavy (non-hydrogen) atoms. The maximum Gasteiger partial charge on any atom is 0.260 e. The van der Waals surface area contributed by atoms with E-state index in [0.29, 0.717) is 23.5 Å². The Hall–Kier alpha value is -2.61. The summed E-state index contributed by atoms with van der Waals surface area (Å²) >= 11 is 7.66. The summed E-state index contributed by atoms with van der Waals surface area (Å²) in [5.41, 5.74) is 3.11. The summed E-state index contributed by atoms with van der Waals surface area (Å²) in [4.78, 5) is 25.9. The molecule has 3 aromatic heterocycles. The van der Waals surface area contributed by atoms with Gasteiger partial charge >= 0.3 is 0 Å². The quantitative estimate of drug-likeness (QED) is 0.505. The van der Waals surface area contributed by atoms with Gasteiger partial charge in [-0.3, -0.25) is 9.69 Å². The number of aromatic amines is 1. The van der Waals surface area contributed by atoms with Crippen LogP contribution in [0.2, 0.25) is 5.02 Å². The molecule has 0 saturated carbocycles. The van der Waals surface area contributed by atoms with Gasteiger partial charge in [0.15, 0.2) is 0 Å². The zero-order chi connectivity index (χ0) is 20.7. The lowest BCUT2D eigenvalue weighted by atomic mass is 10.1. The van der Waals surface area contributed by atoms with E-state index in [1.54, 1.807) is 6.26 Å². The highest BCUT2D eigenvalue weighted by molar-refractivity contribution is 7.17. The summed E-state index contributed by atoms with van der Waals surface area (Å²) in [6, 6.07) is 9.70. The van der Waals surface area contributed by atoms with E-state index in [0.717, 1.165) is 41.6 Å². The van der Waals surface area contributed by atoms with Crippen molar-refractivity contribution in [2.75, 3.05) is 31.1 Å². The molecule has 4 aromatic rings. The number of benzene rings is 1. The molecule has 0 amide bonds. The van der Waals surface area contributed by atoms with Gasteiger partial charge < -0.3 is 14.3 Å². The number of hydrogen-bond acceptors (Lipinski definition) is 6. The van der Waals surface area contributed by atoms with Gasteiger partial charge in [-0.25, -0.2) is 4.98 Å². The lowest BCUT2D eigenvalue weighted by Crippen LogP contribution is -2.46. The average Bonchev–Trinajstić information content (AvgIpc) is 3.40. The number of aryl methyl sites for hydroxylation is 1. The van der Waals surface area contributed by atoms with E-state index in [1.807, 2.05) is 29.6 Å². The first-order valence-electron chi connectivity index (χ1n) is 9.86. The number of furan rings is 1. The Bertz CT molecular complexity index is 1240. The molecule has 0 atom stereocenters. The van der Waals surface area contributed by atoms with E-state index in [2.05, 4.69) is 27.8 Å². The van der Waals surface area contributed by atoms with Crippen molar-refractivity contribution in [2.45, 2.75) is 13.5 Å². The SMILES string of the molecule is Cc1ccc(Cl)cc1N1CCN(Cc2nc3scc(-c4ccco4)c3c(=O)[nH]2)CC1. The summed E-state index contributed by atoms with van der Waals surface area (Å²) in [6.45, 7) is 6.36. The second-order valence-corrected chi connectivity index (χ2v) is 8.81. The largest absolute Gasteiger partial charge is 0.464 e. The van der Waals surface area contributed by atoms with E-state index >= 15 is 0 Å². The number of nitrogens with one attached hydrogen (secondary N) is 1. The van der Waals surface area contributed by atoms with Gasteiger partial charge in [-0.1, -0.05) is 17.7 Å². The third-order valence-electron chi connectivity index (χ3n) is 5.54. The van der Waals surface area contributed by atoms with Crippen molar-refractivity contribution in [1.82, 2.24) is 14.9 Å². The van der Waals surface area contributed by atoms with Crippen molar-refractivity contribution in [3.63, 3.8) is 0 Å². The Morgan fingerprint density at radius 1 is 1.23 bits per heavy atom. The van der Waals surface area contributed by atoms with Crippen LogP contribution in [0.3, 0.4) is 0 Å². The third-order valence-corrected chi connectivity index (χ3v) is 6.64. The van der Waals surface area contributed by atoms with Gasteiger partial charge in [0.2, 0.25) is 0 Å². The Balaban J connectivity index is 1.31. The molecule has 1 aliphatic heterocycles. The van der Waals surface area contributed by atoms with Gasteiger partial charge in [-0.2, -0.15) is 0 Å². The van der Waals surface area contributed by atoms with Crippen molar-refractivity contribution >= 4 is 38.8 Å². The smallest absolute Gasteiger partial charge is 0.260 e. The molecule has 1 aliphatic rings. The van der Waals surface area contributed by atoms with E-state index in [1.165, 1.54) is 22.6 Å². The summed E-state index contributed by atoms with van der Waals surface area (Å²) in [5.74, 6) is 1.39. The summed E-state index contributed by atoms with van der Waals surface area (Å²) in [6.07, 6.45) is 1.61. The Kier molecular flexibility index (Phi) is 5.10. The molecule has 0 radical (unpaired) electrons. The van der Waals surface area contributed by atoms with Crippen molar-refractivity contribution < 1.29 is 4.42 Å². The molecule has 5 rings (SSSR count). The lowest BCUT2D eigenvalue weighted by molar-refractivity contribution is 0.244. The Labute approximate surface area is 182 Å². The molecular formula is C22H21ClN4O2S. The molecule has 0 aliphatic carbocycles. The van der Waals surface area contributed by atoms with Gasteiger partial charge in [-0.05, 0) is 36.8 Å². The predicted octanol–water partition coefficient (Wildman–Crippen LogP) is 4.53. The topological polar surface area (TPSA) is 65.4 Å². The normalized spacial score (nSPS) is 15.2. The lowest BCUT2D eigenvalue weighted by Gasteiger charge is -2.36. The molecule has 0 spiro atoms. The first-order valence-corrected chi connectivity index (χ1v) is 11.1. The zero-order valence-corrected chi connectivity index (χ0v) is 18.1. The van der Waals surface area contributed by atoms with Crippen LogP contribution in [0.15, 0.2) is 51.2 Å². The number of rotatable bonds is 4. The number of aromatic nitrogens is 2. The molecule has 154 valence electrons. The van der Waals surface area contributed by atoms with Crippen molar-refractivity contribution in [2.24, 2.45) is 0 Å². The van der Waals surface area contributed by atoms with E-state index in [4.69, 9.17) is 21.0 Å². The highest BCUT2D eigenvalue weighted by Crippen LogP contribution is 2.31. The van der Waals surface area contributed by atoms with Crippen LogP contribution in [-0.2, 0) is 6.54 Å². The minimum Gasteiger partial charge on any atom is -0.464 e. The van der Waals surface area contributed by atoms with Crippen molar-refractivity contribution in [1.29, 1.82) is 0 Å². The summed E-state index contributed by atoms with van der Waals surface area (Å²) in [7, 11) is 0. The van der Waals surface area contributed by atoms with Crippen LogP contribution < -0.4 is 10.5 Å². The Morgan fingerprint density at radius 2 is 2.07 bits per heavy atom. The fourth-order valence-corrected chi connectivity index (χ4v) is 5.08. The molecule has 8 heteroatoms. The van der Waals surface area contributed by atoms with Crippen LogP contribution in [0.25, 0.3) is 21.5 Å². The number of nitrogens with zero attached hydrogens (tertiary/aromatic N) is 3. The van der Waals surface area contributed by atoms with Gasteiger partial charge in [0.05, 0.1) is 18.2 Å². The minimum absolute atomic E-state index is 0.115. The molecule has 1 saturated heterocycles. The average molecular weight is 441 g/mol.